The van der Waals surface area contributed by atoms with E-state index in [9.17, 15) is 4.79 Å². The highest BCUT2D eigenvalue weighted by Gasteiger charge is 2.15. The van der Waals surface area contributed by atoms with E-state index < -0.39 is 0 Å². The van der Waals surface area contributed by atoms with Gasteiger partial charge in [0.25, 0.3) is 5.56 Å². The summed E-state index contributed by atoms with van der Waals surface area (Å²) in [4.78, 5) is 17.7. The van der Waals surface area contributed by atoms with Crippen LogP contribution in [0.25, 0.3) is 21.3 Å². The van der Waals surface area contributed by atoms with Crippen LogP contribution in [0.3, 0.4) is 0 Å². The number of nitrogen functional groups attached to an aromatic ring is 1. The molecule has 3 rings (SSSR count). The molecule has 0 amide bonds. The Kier molecular flexibility index (Phi) is 3.50. The summed E-state index contributed by atoms with van der Waals surface area (Å²) >= 11 is 2.95. The Bertz CT molecular complexity index is 808. The first kappa shape index (κ1) is 13.2. The Balaban J connectivity index is 2.28. The largest absolute Gasteiger partial charge is 0.334 e. The van der Waals surface area contributed by atoms with Gasteiger partial charge < -0.3 is 5.84 Å². The van der Waals surface area contributed by atoms with Crippen molar-refractivity contribution >= 4 is 33.3 Å². The zero-order valence-electron chi connectivity index (χ0n) is 10.9. The number of thioether (sulfide) groups is 1. The van der Waals surface area contributed by atoms with E-state index in [4.69, 9.17) is 5.84 Å². The number of rotatable bonds is 3. The number of aromatic nitrogens is 2. The predicted octanol–water partition coefficient (Wildman–Crippen LogP) is 2.95. The van der Waals surface area contributed by atoms with Crippen LogP contribution in [-0.2, 0) is 0 Å². The Morgan fingerprint density at radius 2 is 2.10 bits per heavy atom. The molecule has 0 aliphatic rings. The maximum atomic E-state index is 12.5. The Hall–Kier alpha value is -1.79. The molecule has 2 aromatic heterocycles. The number of benzene rings is 1. The van der Waals surface area contributed by atoms with Gasteiger partial charge in [-0.25, -0.2) is 9.66 Å². The maximum absolute atomic E-state index is 12.5. The minimum atomic E-state index is -0.189. The van der Waals surface area contributed by atoms with Crippen LogP contribution in [-0.4, -0.2) is 15.4 Å². The van der Waals surface area contributed by atoms with Crippen molar-refractivity contribution in [1.29, 1.82) is 0 Å². The van der Waals surface area contributed by atoms with Gasteiger partial charge in [0.05, 0.1) is 5.39 Å². The zero-order valence-corrected chi connectivity index (χ0v) is 12.5. The normalized spacial score (nSPS) is 11.1. The van der Waals surface area contributed by atoms with E-state index in [1.807, 2.05) is 42.6 Å². The number of hydrogen-bond donors (Lipinski definition) is 1. The summed E-state index contributed by atoms with van der Waals surface area (Å²) in [5, 5.41) is 3.13. The van der Waals surface area contributed by atoms with Gasteiger partial charge in [-0.15, -0.1) is 11.3 Å². The van der Waals surface area contributed by atoms with Gasteiger partial charge in [-0.3, -0.25) is 4.79 Å². The monoisotopic (exact) mass is 303 g/mol. The van der Waals surface area contributed by atoms with Gasteiger partial charge in [-0.1, -0.05) is 49.0 Å². The first-order chi connectivity index (χ1) is 9.72. The molecule has 0 aliphatic carbocycles. The minimum absolute atomic E-state index is 0.189. The standard InChI is InChI=1S/C14H13N3OS2/c1-2-19-14-16-12-11(13(18)17(14)15)10(8-20-12)9-6-4-3-5-7-9/h3-8H,2,15H2,1H3. The molecule has 1 aromatic carbocycles. The van der Waals surface area contributed by atoms with Crippen LogP contribution in [0, 0.1) is 0 Å². The summed E-state index contributed by atoms with van der Waals surface area (Å²) in [6.07, 6.45) is 0. The lowest BCUT2D eigenvalue weighted by Gasteiger charge is -2.06. The third-order valence-electron chi connectivity index (χ3n) is 2.97. The van der Waals surface area contributed by atoms with Crippen LogP contribution in [0.1, 0.15) is 6.92 Å². The van der Waals surface area contributed by atoms with E-state index in [0.717, 1.165) is 26.4 Å². The lowest BCUT2D eigenvalue weighted by Crippen LogP contribution is -2.29. The summed E-state index contributed by atoms with van der Waals surface area (Å²) in [7, 11) is 0. The molecule has 0 atom stereocenters. The molecule has 0 radical (unpaired) electrons. The molecule has 4 nitrogen and oxygen atoms in total. The number of thiophene rings is 1. The SMILES string of the molecule is CCSc1nc2scc(-c3ccccc3)c2c(=O)n1N. The van der Waals surface area contributed by atoms with E-state index in [0.29, 0.717) is 10.5 Å². The van der Waals surface area contributed by atoms with Crippen LogP contribution in [0.15, 0.2) is 45.7 Å². The molecule has 20 heavy (non-hydrogen) atoms. The smallest absolute Gasteiger partial charge is 0.282 e. The quantitative estimate of drug-likeness (QED) is 0.459. The van der Waals surface area contributed by atoms with Crippen LogP contribution in [0.4, 0.5) is 0 Å². The van der Waals surface area contributed by atoms with Crippen LogP contribution < -0.4 is 11.4 Å². The Morgan fingerprint density at radius 1 is 1.35 bits per heavy atom. The summed E-state index contributed by atoms with van der Waals surface area (Å²) < 4.78 is 1.15. The fourth-order valence-electron chi connectivity index (χ4n) is 2.05. The van der Waals surface area contributed by atoms with Gasteiger partial charge in [-0.05, 0) is 11.3 Å². The molecule has 0 fully saturated rings. The lowest BCUT2D eigenvalue weighted by atomic mass is 10.1. The summed E-state index contributed by atoms with van der Waals surface area (Å²) in [5.41, 5.74) is 1.72. The molecule has 6 heteroatoms. The van der Waals surface area contributed by atoms with Crippen molar-refractivity contribution in [2.75, 3.05) is 11.6 Å². The minimum Gasteiger partial charge on any atom is -0.334 e. The summed E-state index contributed by atoms with van der Waals surface area (Å²) in [6.45, 7) is 2.00. The second kappa shape index (κ2) is 5.30. The molecule has 2 N–H and O–H groups in total. The molecule has 0 saturated heterocycles. The van der Waals surface area contributed by atoms with Gasteiger partial charge in [0.1, 0.15) is 4.83 Å². The highest BCUT2D eigenvalue weighted by Crippen LogP contribution is 2.31. The topological polar surface area (TPSA) is 60.9 Å². The molecular weight excluding hydrogens is 290 g/mol. The van der Waals surface area contributed by atoms with E-state index in [1.165, 1.54) is 23.1 Å². The second-order valence-electron chi connectivity index (χ2n) is 4.20. The number of hydrogen-bond acceptors (Lipinski definition) is 5. The van der Waals surface area contributed by atoms with E-state index >= 15 is 0 Å². The molecule has 102 valence electrons. The van der Waals surface area contributed by atoms with Crippen molar-refractivity contribution in [2.45, 2.75) is 12.1 Å². The van der Waals surface area contributed by atoms with Crippen molar-refractivity contribution in [3.8, 4) is 11.1 Å². The van der Waals surface area contributed by atoms with Gasteiger partial charge in [0.15, 0.2) is 5.16 Å². The maximum Gasteiger partial charge on any atom is 0.282 e. The third-order valence-corrected chi connectivity index (χ3v) is 4.67. The van der Waals surface area contributed by atoms with Crippen molar-refractivity contribution in [1.82, 2.24) is 9.66 Å². The van der Waals surface area contributed by atoms with Crippen LogP contribution in [0.2, 0.25) is 0 Å². The van der Waals surface area contributed by atoms with Crippen molar-refractivity contribution in [3.05, 3.63) is 46.1 Å². The molecule has 0 bridgehead atoms. The summed E-state index contributed by atoms with van der Waals surface area (Å²) in [5.74, 6) is 6.69. The Labute approximate surface area is 124 Å². The number of fused-ring (bicyclic) bond motifs is 1. The molecule has 0 unspecified atom stereocenters. The average molecular weight is 303 g/mol. The van der Waals surface area contributed by atoms with E-state index in [2.05, 4.69) is 4.98 Å². The zero-order chi connectivity index (χ0) is 14.1. The number of nitrogens with two attached hydrogens (primary N) is 1. The lowest BCUT2D eigenvalue weighted by molar-refractivity contribution is 0.782. The van der Waals surface area contributed by atoms with E-state index in [-0.39, 0.29) is 5.56 Å². The summed E-state index contributed by atoms with van der Waals surface area (Å²) in [6, 6.07) is 9.82. The van der Waals surface area contributed by atoms with Gasteiger partial charge in [0.2, 0.25) is 0 Å². The third kappa shape index (κ3) is 2.10. The molecule has 3 aromatic rings. The van der Waals surface area contributed by atoms with E-state index in [1.54, 1.807) is 0 Å². The van der Waals surface area contributed by atoms with Crippen LogP contribution in [0.5, 0.6) is 0 Å². The molecular formula is C14H13N3OS2. The van der Waals surface area contributed by atoms with Crippen LogP contribution >= 0.6 is 23.1 Å². The fourth-order valence-corrected chi connectivity index (χ4v) is 3.68. The van der Waals surface area contributed by atoms with Crippen molar-refractivity contribution < 1.29 is 0 Å². The van der Waals surface area contributed by atoms with Crippen molar-refractivity contribution in [3.63, 3.8) is 0 Å². The van der Waals surface area contributed by atoms with Gasteiger partial charge in [-0.2, -0.15) is 0 Å². The molecule has 2 heterocycles. The molecule has 0 spiro atoms. The first-order valence-electron chi connectivity index (χ1n) is 6.20. The number of nitrogens with zero attached hydrogens (tertiary/aromatic N) is 2. The highest BCUT2D eigenvalue weighted by molar-refractivity contribution is 7.99. The first-order valence-corrected chi connectivity index (χ1v) is 8.06. The predicted molar refractivity (Wildman–Crippen MR) is 85.9 cm³/mol. The fraction of sp³-hybridized carbons (Fsp3) is 0.143. The van der Waals surface area contributed by atoms with Gasteiger partial charge in [0, 0.05) is 10.9 Å². The second-order valence-corrected chi connectivity index (χ2v) is 6.29. The molecule has 0 aliphatic heterocycles. The van der Waals surface area contributed by atoms with Gasteiger partial charge >= 0.3 is 0 Å². The van der Waals surface area contributed by atoms with Crippen molar-refractivity contribution in [2.24, 2.45) is 0 Å². The average Bonchev–Trinajstić information content (AvgIpc) is 2.89. The highest BCUT2D eigenvalue weighted by atomic mass is 32.2. The Morgan fingerprint density at radius 3 is 2.80 bits per heavy atom. The molecule has 0 saturated carbocycles.